The average Bonchev–Trinajstić information content (AvgIpc) is 2.91. The number of halogens is 1. The van der Waals surface area contributed by atoms with Gasteiger partial charge in [-0.2, -0.15) is 0 Å². The molecule has 2 atom stereocenters. The third-order valence-corrected chi connectivity index (χ3v) is 3.57. The van der Waals surface area contributed by atoms with Gasteiger partial charge in [0.15, 0.2) is 0 Å². The van der Waals surface area contributed by atoms with Crippen molar-refractivity contribution in [2.75, 3.05) is 6.61 Å². The van der Waals surface area contributed by atoms with Crippen molar-refractivity contribution in [3.8, 4) is 0 Å². The lowest BCUT2D eigenvalue weighted by atomic mass is 10.0. The fourth-order valence-electron chi connectivity index (χ4n) is 2.01. The van der Waals surface area contributed by atoms with E-state index in [1.165, 1.54) is 0 Å². The number of nitrogens with one attached hydrogen (secondary N) is 1. The first-order chi connectivity index (χ1) is 9.20. The summed E-state index contributed by atoms with van der Waals surface area (Å²) in [6, 6.07) is 12.2. The minimum absolute atomic E-state index is 0.00431. The summed E-state index contributed by atoms with van der Waals surface area (Å²) in [4.78, 5) is 0. The van der Waals surface area contributed by atoms with Crippen molar-refractivity contribution in [2.45, 2.75) is 25.4 Å². The summed E-state index contributed by atoms with van der Waals surface area (Å²) in [7, 11) is 0. The molecular formula is C15H18BrNO2. The number of benzene rings is 1. The molecule has 2 rings (SSSR count). The normalized spacial score (nSPS) is 14.3. The Kier molecular flexibility index (Phi) is 5.19. The van der Waals surface area contributed by atoms with Gasteiger partial charge in [0.05, 0.1) is 12.3 Å². The van der Waals surface area contributed by atoms with Gasteiger partial charge in [-0.3, -0.25) is 0 Å². The van der Waals surface area contributed by atoms with E-state index in [9.17, 15) is 0 Å². The number of rotatable bonds is 6. The first kappa shape index (κ1) is 14.3. The van der Waals surface area contributed by atoms with E-state index >= 15 is 0 Å². The van der Waals surface area contributed by atoms with Crippen LogP contribution in [0.3, 0.4) is 0 Å². The highest BCUT2D eigenvalue weighted by atomic mass is 79.9. The summed E-state index contributed by atoms with van der Waals surface area (Å²) >= 11 is 3.44. The van der Waals surface area contributed by atoms with Crippen LogP contribution in [0, 0.1) is 0 Å². The van der Waals surface area contributed by atoms with Crippen LogP contribution in [-0.2, 0) is 0 Å². The lowest BCUT2D eigenvalue weighted by Gasteiger charge is -2.22. The quantitative estimate of drug-likeness (QED) is 0.855. The van der Waals surface area contributed by atoms with Crippen molar-refractivity contribution in [3.63, 3.8) is 0 Å². The molecule has 102 valence electrons. The van der Waals surface area contributed by atoms with E-state index in [4.69, 9.17) is 9.52 Å². The molecule has 0 saturated heterocycles. The fourth-order valence-corrected chi connectivity index (χ4v) is 2.28. The van der Waals surface area contributed by atoms with E-state index in [0.717, 1.165) is 15.8 Å². The molecule has 1 heterocycles. The second-order valence-corrected chi connectivity index (χ2v) is 5.50. The Morgan fingerprint density at radius 3 is 2.58 bits per heavy atom. The van der Waals surface area contributed by atoms with E-state index in [0.29, 0.717) is 6.42 Å². The predicted molar refractivity (Wildman–Crippen MR) is 79.0 cm³/mol. The van der Waals surface area contributed by atoms with Crippen LogP contribution in [0.4, 0.5) is 0 Å². The van der Waals surface area contributed by atoms with Crippen LogP contribution in [0.1, 0.15) is 30.7 Å². The van der Waals surface area contributed by atoms with Gasteiger partial charge in [-0.25, -0.2) is 0 Å². The smallest absolute Gasteiger partial charge is 0.125 e. The molecule has 0 bridgehead atoms. The van der Waals surface area contributed by atoms with Gasteiger partial charge in [0, 0.05) is 17.1 Å². The summed E-state index contributed by atoms with van der Waals surface area (Å²) in [5.41, 5.74) is 1.14. The molecule has 0 radical (unpaired) electrons. The van der Waals surface area contributed by atoms with E-state index in [1.807, 2.05) is 24.3 Å². The largest absolute Gasteiger partial charge is 0.467 e. The molecule has 0 unspecified atom stereocenters. The molecule has 0 aliphatic carbocycles. The SMILES string of the molecule is C[C@H](CCO)N[C@H](c1ccc(Br)cc1)c1ccco1. The summed E-state index contributed by atoms with van der Waals surface area (Å²) in [5.74, 6) is 0.882. The highest BCUT2D eigenvalue weighted by Gasteiger charge is 2.18. The molecule has 3 nitrogen and oxygen atoms in total. The van der Waals surface area contributed by atoms with Crippen molar-refractivity contribution in [2.24, 2.45) is 0 Å². The second kappa shape index (κ2) is 6.89. The van der Waals surface area contributed by atoms with Gasteiger partial charge in [-0.1, -0.05) is 28.1 Å². The lowest BCUT2D eigenvalue weighted by molar-refractivity contribution is 0.263. The van der Waals surface area contributed by atoms with Gasteiger partial charge >= 0.3 is 0 Å². The zero-order valence-electron chi connectivity index (χ0n) is 10.8. The van der Waals surface area contributed by atoms with Gasteiger partial charge in [0.2, 0.25) is 0 Å². The van der Waals surface area contributed by atoms with Gasteiger partial charge in [0.1, 0.15) is 5.76 Å². The minimum Gasteiger partial charge on any atom is -0.467 e. The molecule has 1 aromatic carbocycles. The third-order valence-electron chi connectivity index (χ3n) is 3.04. The highest BCUT2D eigenvalue weighted by molar-refractivity contribution is 9.10. The number of aliphatic hydroxyl groups is 1. The molecular weight excluding hydrogens is 306 g/mol. The zero-order chi connectivity index (χ0) is 13.7. The molecule has 4 heteroatoms. The van der Waals surface area contributed by atoms with Crippen LogP contribution in [0.25, 0.3) is 0 Å². The molecule has 19 heavy (non-hydrogen) atoms. The van der Waals surface area contributed by atoms with Crippen molar-refractivity contribution in [1.82, 2.24) is 5.32 Å². The van der Waals surface area contributed by atoms with Gasteiger partial charge in [-0.05, 0) is 43.2 Å². The number of hydrogen-bond donors (Lipinski definition) is 2. The molecule has 0 fully saturated rings. The standard InChI is InChI=1S/C15H18BrNO2/c1-11(8-9-18)17-15(14-3-2-10-19-14)12-4-6-13(16)7-5-12/h2-7,10-11,15,17-18H,8-9H2,1H3/t11-,15-/m1/s1. The molecule has 0 aliphatic heterocycles. The highest BCUT2D eigenvalue weighted by Crippen LogP contribution is 2.24. The topological polar surface area (TPSA) is 45.4 Å². The molecule has 2 aromatic rings. The molecule has 0 spiro atoms. The first-order valence-electron chi connectivity index (χ1n) is 6.36. The Balaban J connectivity index is 2.22. The van der Waals surface area contributed by atoms with E-state index in [2.05, 4.69) is 40.3 Å². The number of hydrogen-bond acceptors (Lipinski definition) is 3. The maximum atomic E-state index is 9.02. The molecule has 0 saturated carbocycles. The summed E-state index contributed by atoms with van der Waals surface area (Å²) < 4.78 is 6.58. The zero-order valence-corrected chi connectivity index (χ0v) is 12.4. The summed E-state index contributed by atoms with van der Waals surface area (Å²) in [6.07, 6.45) is 2.40. The van der Waals surface area contributed by atoms with Gasteiger partial charge in [0.25, 0.3) is 0 Å². The Morgan fingerprint density at radius 1 is 1.26 bits per heavy atom. The summed E-state index contributed by atoms with van der Waals surface area (Å²) in [6.45, 7) is 2.24. The Hall–Kier alpha value is -1.10. The van der Waals surface area contributed by atoms with E-state index in [1.54, 1.807) is 6.26 Å². The van der Waals surface area contributed by atoms with Gasteiger partial charge in [-0.15, -0.1) is 0 Å². The Morgan fingerprint density at radius 2 is 2.00 bits per heavy atom. The molecule has 0 aliphatic rings. The van der Waals surface area contributed by atoms with Crippen molar-refractivity contribution in [1.29, 1.82) is 0 Å². The van der Waals surface area contributed by atoms with Crippen LogP contribution < -0.4 is 5.32 Å². The molecule has 0 amide bonds. The maximum Gasteiger partial charge on any atom is 0.125 e. The first-order valence-corrected chi connectivity index (χ1v) is 7.16. The van der Waals surface area contributed by atoms with Crippen molar-refractivity contribution >= 4 is 15.9 Å². The lowest BCUT2D eigenvalue weighted by Crippen LogP contribution is -2.31. The molecule has 1 aromatic heterocycles. The molecule has 2 N–H and O–H groups in total. The summed E-state index contributed by atoms with van der Waals surface area (Å²) in [5, 5.41) is 12.5. The van der Waals surface area contributed by atoms with Crippen molar-refractivity contribution in [3.05, 3.63) is 58.5 Å². The fraction of sp³-hybridized carbons (Fsp3) is 0.333. The van der Waals surface area contributed by atoms with E-state index < -0.39 is 0 Å². The van der Waals surface area contributed by atoms with Crippen LogP contribution in [0.15, 0.2) is 51.6 Å². The van der Waals surface area contributed by atoms with Crippen LogP contribution >= 0.6 is 15.9 Å². The second-order valence-electron chi connectivity index (χ2n) is 4.58. The van der Waals surface area contributed by atoms with E-state index in [-0.39, 0.29) is 18.7 Å². The minimum atomic E-state index is 0.00431. The number of aliphatic hydroxyl groups excluding tert-OH is 1. The van der Waals surface area contributed by atoms with Crippen LogP contribution in [0.5, 0.6) is 0 Å². The number of furan rings is 1. The van der Waals surface area contributed by atoms with Crippen LogP contribution in [-0.4, -0.2) is 17.8 Å². The average molecular weight is 324 g/mol. The third kappa shape index (κ3) is 3.93. The Bertz CT molecular complexity index is 481. The maximum absolute atomic E-state index is 9.02. The Labute approximate surface area is 121 Å². The monoisotopic (exact) mass is 323 g/mol. The van der Waals surface area contributed by atoms with Crippen LogP contribution in [0.2, 0.25) is 0 Å². The predicted octanol–water partition coefficient (Wildman–Crippen LogP) is 3.49. The van der Waals surface area contributed by atoms with Crippen molar-refractivity contribution < 1.29 is 9.52 Å². The van der Waals surface area contributed by atoms with Gasteiger partial charge < -0.3 is 14.8 Å².